The number of phosphoric ester groups is 1. The van der Waals surface area contributed by atoms with Gasteiger partial charge in [0.2, 0.25) is 0 Å². The van der Waals surface area contributed by atoms with Crippen molar-refractivity contribution >= 4 is 30.7 Å². The zero-order chi connectivity index (χ0) is 64.2. The molecule has 89 heavy (non-hydrogen) atoms. The molecule has 4 atom stereocenters. The average Bonchev–Trinajstić information content (AvgIpc) is 1.80. The molecule has 1 aliphatic carbocycles. The Morgan fingerprint density at radius 3 is 1.40 bits per heavy atom. The first-order chi connectivity index (χ1) is 42.1. The van der Waals surface area contributed by atoms with E-state index >= 15 is 0 Å². The minimum Gasteiger partial charge on any atom is -0.493 e. The van der Waals surface area contributed by atoms with Crippen molar-refractivity contribution in [3.63, 3.8) is 0 Å². The summed E-state index contributed by atoms with van der Waals surface area (Å²) >= 11 is 0. The van der Waals surface area contributed by atoms with Gasteiger partial charge in [0.05, 0.1) is 39.4 Å². The second-order valence-corrected chi connectivity index (χ2v) is 29.1. The summed E-state index contributed by atoms with van der Waals surface area (Å²) in [6.07, 6.45) is 3.22. The Balaban J connectivity index is 1.11. The van der Waals surface area contributed by atoms with Gasteiger partial charge in [-0.25, -0.2) is 19.5 Å². The van der Waals surface area contributed by atoms with Crippen molar-refractivity contribution in [2.75, 3.05) is 51.6 Å². The van der Waals surface area contributed by atoms with Gasteiger partial charge in [-0.2, -0.15) is 0 Å². The van der Waals surface area contributed by atoms with E-state index in [0.29, 0.717) is 61.4 Å². The number of nitrogens with zero attached hydrogens (tertiary/aromatic N) is 4. The quantitative estimate of drug-likeness (QED) is 0.0412. The highest BCUT2D eigenvalue weighted by Crippen LogP contribution is 2.50. The number of fused-ring (bicyclic) bond motifs is 9. The lowest BCUT2D eigenvalue weighted by atomic mass is 9.79. The summed E-state index contributed by atoms with van der Waals surface area (Å²) in [5.41, 5.74) is 12.3. The average molecular weight is 1240 g/mol. The number of rotatable bonds is 20. The second kappa shape index (κ2) is 27.4. The van der Waals surface area contributed by atoms with Crippen LogP contribution in [0.4, 0.5) is 5.82 Å². The second-order valence-electron chi connectivity index (χ2n) is 27.7. The lowest BCUT2D eigenvalue weighted by Gasteiger charge is -2.29. The van der Waals surface area contributed by atoms with Gasteiger partial charge in [-0.3, -0.25) is 18.4 Å². The van der Waals surface area contributed by atoms with Crippen LogP contribution in [-0.2, 0) is 65.7 Å². The highest BCUT2D eigenvalue weighted by atomic mass is 31.2. The van der Waals surface area contributed by atoms with Gasteiger partial charge in [-0.1, -0.05) is 164 Å². The third kappa shape index (κ3) is 15.9. The SMILES string of the molecule is CCCOc1c2cc(C(C)(C)C)cc1Cc1cc(C(C)(C)C)cc(c1OCCOP(=O)(O)O[C@H]1C[C@H](n3cnc4c(NC(=O)c5ccccc5)ncnc43)O[C@@H]1CO)Cc1cc(C(C)(C)C)cc(c1OCCC)Cc1cc(C(C)(C)C)cc(c1OCCO)C2. The van der Waals surface area contributed by atoms with Crippen molar-refractivity contribution in [3.05, 3.63) is 164 Å². The molecule has 2 aliphatic rings. The van der Waals surface area contributed by atoms with Gasteiger partial charge >= 0.3 is 7.82 Å². The number of hydrogen-bond donors (Lipinski definition) is 4. The molecule has 5 aromatic carbocycles. The maximum Gasteiger partial charge on any atom is 0.472 e. The Bertz CT molecular complexity index is 3560. The van der Waals surface area contributed by atoms with E-state index in [1.165, 1.54) is 18.2 Å². The van der Waals surface area contributed by atoms with Crippen LogP contribution in [0.3, 0.4) is 0 Å². The van der Waals surface area contributed by atoms with E-state index in [2.05, 4.69) is 166 Å². The first-order valence-corrected chi connectivity index (χ1v) is 32.8. The minimum atomic E-state index is -4.84. The van der Waals surface area contributed by atoms with Crippen molar-refractivity contribution < 1.29 is 57.2 Å². The third-order valence-corrected chi connectivity index (χ3v) is 17.4. The molecular weight excluding hydrogens is 1150 g/mol. The largest absolute Gasteiger partial charge is 0.493 e. The summed E-state index contributed by atoms with van der Waals surface area (Å²) in [4.78, 5) is 37.7. The highest BCUT2D eigenvalue weighted by Gasteiger charge is 2.42. The smallest absolute Gasteiger partial charge is 0.472 e. The Labute approximate surface area is 525 Å². The standard InChI is InChI=1S/C71H92N5O12P/c1-15-23-82-61-45-28-49-36-55(70(9,10)11)37-50(63(49)84-25-22-77)29-46-33-54(69(6,7)8)35-48(62(46)83-24-16-2)31-52-39-56(71(12,13)14)38-51(30-47(61)34-53(32-45)68(3,4)5)64(52)85-26-27-86-89(80,81)88-57-40-59(87-58(57)41-78)76-43-74-60-65(72-42-73-66(60)76)75-67(79)44-20-18-17-19-21-44/h17-21,32-39,42-43,57-59,77-78H,15-16,22-31,40-41H2,1-14H3,(H,80,81)(H,72,73,75,79)/t57-,58+,59+/m0/s1. The molecule has 0 radical (unpaired) electrons. The number of anilines is 1. The van der Waals surface area contributed by atoms with Gasteiger partial charge in [0.1, 0.15) is 61.0 Å². The van der Waals surface area contributed by atoms with E-state index in [9.17, 15) is 24.5 Å². The number of nitrogens with one attached hydrogen (secondary N) is 1. The molecule has 2 aromatic heterocycles. The van der Waals surface area contributed by atoms with Gasteiger partial charge < -0.3 is 44.1 Å². The Kier molecular flexibility index (Phi) is 20.6. The van der Waals surface area contributed by atoms with Crippen molar-refractivity contribution in [1.82, 2.24) is 19.5 Å². The molecule has 18 heteroatoms. The molecule has 0 spiro atoms. The van der Waals surface area contributed by atoms with Crippen LogP contribution >= 0.6 is 7.82 Å². The molecule has 478 valence electrons. The Hall–Kier alpha value is -6.69. The fourth-order valence-electron chi connectivity index (χ4n) is 11.5. The molecule has 9 rings (SSSR count). The molecule has 7 aromatic rings. The number of ether oxygens (including phenoxy) is 5. The van der Waals surface area contributed by atoms with Gasteiger partial charge in [0, 0.05) is 37.7 Å². The zero-order valence-electron chi connectivity index (χ0n) is 54.5. The van der Waals surface area contributed by atoms with E-state index in [0.717, 1.165) is 91.3 Å². The number of carbonyl (C=O) groups is 1. The molecule has 1 fully saturated rings. The van der Waals surface area contributed by atoms with Crippen LogP contribution in [0.2, 0.25) is 0 Å². The minimum absolute atomic E-state index is 0.0241. The lowest BCUT2D eigenvalue weighted by molar-refractivity contribution is -0.0440. The van der Waals surface area contributed by atoms with Crippen LogP contribution in [0.5, 0.6) is 23.0 Å². The molecule has 3 heterocycles. The summed E-state index contributed by atoms with van der Waals surface area (Å²) in [6, 6.07) is 26.8. The van der Waals surface area contributed by atoms with Gasteiger partial charge in [-0.15, -0.1) is 0 Å². The molecule has 0 saturated carbocycles. The molecule has 1 amide bonds. The summed E-state index contributed by atoms with van der Waals surface area (Å²) in [5, 5.41) is 23.7. The normalized spacial score (nSPS) is 17.1. The predicted molar refractivity (Wildman–Crippen MR) is 347 cm³/mol. The molecule has 4 N–H and O–H groups in total. The van der Waals surface area contributed by atoms with E-state index in [1.54, 1.807) is 28.8 Å². The fourth-order valence-corrected chi connectivity index (χ4v) is 12.4. The van der Waals surface area contributed by atoms with Gasteiger partial charge in [0.25, 0.3) is 5.91 Å². The maximum absolute atomic E-state index is 14.1. The van der Waals surface area contributed by atoms with Crippen molar-refractivity contribution in [3.8, 4) is 23.0 Å². The maximum atomic E-state index is 14.1. The first-order valence-electron chi connectivity index (χ1n) is 31.3. The topological polar surface area (TPSA) is 215 Å². The van der Waals surface area contributed by atoms with Crippen LogP contribution in [0, 0.1) is 0 Å². The number of carbonyl (C=O) groups excluding carboxylic acids is 1. The molecule has 1 unspecified atom stereocenters. The summed E-state index contributed by atoms with van der Waals surface area (Å²) in [6.45, 7) is 30.9. The number of amides is 1. The number of hydrogen-bond acceptors (Lipinski definition) is 14. The monoisotopic (exact) mass is 1240 g/mol. The summed E-state index contributed by atoms with van der Waals surface area (Å²) in [5.74, 6) is 2.75. The van der Waals surface area contributed by atoms with Crippen LogP contribution in [0.1, 0.15) is 200 Å². The van der Waals surface area contributed by atoms with Gasteiger partial charge in [-0.05, 0) is 113 Å². The van der Waals surface area contributed by atoms with Crippen molar-refractivity contribution in [1.29, 1.82) is 0 Å². The van der Waals surface area contributed by atoms with Crippen molar-refractivity contribution in [2.45, 2.75) is 182 Å². The predicted octanol–water partition coefficient (Wildman–Crippen LogP) is 13.8. The number of aromatic nitrogens is 4. The van der Waals surface area contributed by atoms with E-state index in [4.69, 9.17) is 32.7 Å². The molecule has 1 aliphatic heterocycles. The molecule has 8 bridgehead atoms. The van der Waals surface area contributed by atoms with Crippen LogP contribution in [0.15, 0.2) is 91.5 Å². The van der Waals surface area contributed by atoms with Gasteiger partial charge in [0.15, 0.2) is 17.0 Å². The third-order valence-electron chi connectivity index (χ3n) is 16.3. The van der Waals surface area contributed by atoms with E-state index in [1.807, 2.05) is 6.07 Å². The summed E-state index contributed by atoms with van der Waals surface area (Å²) in [7, 11) is -4.84. The van der Waals surface area contributed by atoms with E-state index in [-0.39, 0.29) is 66.2 Å². The van der Waals surface area contributed by atoms with Crippen LogP contribution in [0.25, 0.3) is 11.2 Å². The number of aliphatic hydroxyl groups excluding tert-OH is 2. The molecule has 17 nitrogen and oxygen atoms in total. The number of benzene rings is 5. The zero-order valence-corrected chi connectivity index (χ0v) is 55.4. The number of aliphatic hydroxyl groups is 2. The van der Waals surface area contributed by atoms with Crippen molar-refractivity contribution in [2.24, 2.45) is 0 Å². The lowest BCUT2D eigenvalue weighted by Crippen LogP contribution is -2.27. The molecule has 1 saturated heterocycles. The fraction of sp³-hybridized carbons (Fsp3) is 0.493. The van der Waals surface area contributed by atoms with E-state index < -0.39 is 32.9 Å². The first kappa shape index (κ1) is 66.7. The number of phosphoric acid groups is 1. The van der Waals surface area contributed by atoms with Crippen LogP contribution in [-0.4, -0.2) is 99.0 Å². The van der Waals surface area contributed by atoms with Crippen LogP contribution < -0.4 is 24.3 Å². The molecular formula is C71H92N5O12P. The Morgan fingerprint density at radius 1 is 0.596 bits per heavy atom. The highest BCUT2D eigenvalue weighted by molar-refractivity contribution is 7.47. The summed E-state index contributed by atoms with van der Waals surface area (Å²) < 4.78 is 61.2. The Morgan fingerprint density at radius 2 is 1.01 bits per heavy atom. The number of imidazole rings is 1.